The number of H-pyrrole nitrogens is 1. The lowest BCUT2D eigenvalue weighted by Gasteiger charge is -2.23. The van der Waals surface area contributed by atoms with Gasteiger partial charge in [-0.3, -0.25) is 4.90 Å². The van der Waals surface area contributed by atoms with Crippen LogP contribution in [-0.2, 0) is 13.0 Å². The second kappa shape index (κ2) is 6.95. The van der Waals surface area contributed by atoms with Gasteiger partial charge in [0.05, 0.1) is 5.69 Å². The largest absolute Gasteiger partial charge is 0.491 e. The van der Waals surface area contributed by atoms with E-state index < -0.39 is 5.60 Å². The second-order valence-corrected chi connectivity index (χ2v) is 6.90. The summed E-state index contributed by atoms with van der Waals surface area (Å²) in [6.07, 6.45) is 1.64. The highest BCUT2D eigenvalue weighted by molar-refractivity contribution is 5.27. The second-order valence-electron chi connectivity index (χ2n) is 6.90. The number of ether oxygens (including phenoxy) is 1. The molecule has 0 radical (unpaired) electrons. The molecule has 5 heteroatoms. The summed E-state index contributed by atoms with van der Waals surface area (Å²) in [7, 11) is 0. The van der Waals surface area contributed by atoms with Gasteiger partial charge < -0.3 is 14.8 Å². The van der Waals surface area contributed by atoms with Gasteiger partial charge in [0.25, 0.3) is 0 Å². The number of aliphatic hydroxyl groups is 1. The zero-order valence-electron chi connectivity index (χ0n) is 14.8. The molecule has 2 heterocycles. The number of nitrogens with one attached hydrogen (secondary N) is 1. The van der Waals surface area contributed by atoms with Crippen LogP contribution in [0.1, 0.15) is 36.1 Å². The first-order valence-corrected chi connectivity index (χ1v) is 8.66. The molecule has 0 bridgehead atoms. The molecule has 1 aliphatic rings. The van der Waals surface area contributed by atoms with Crippen molar-refractivity contribution in [3.63, 3.8) is 0 Å². The molecule has 1 aromatic heterocycles. The molecule has 1 aliphatic heterocycles. The fourth-order valence-corrected chi connectivity index (χ4v) is 3.21. The SMILES string of the molecule is CCc1nc(CN2CC[C@](O)(COc3cccc(C)c3)C2)c(C)[nH]1. The fourth-order valence-electron chi connectivity index (χ4n) is 3.21. The van der Waals surface area contributed by atoms with Gasteiger partial charge in [-0.15, -0.1) is 0 Å². The smallest absolute Gasteiger partial charge is 0.119 e. The van der Waals surface area contributed by atoms with Gasteiger partial charge in [-0.25, -0.2) is 4.98 Å². The highest BCUT2D eigenvalue weighted by Gasteiger charge is 2.37. The summed E-state index contributed by atoms with van der Waals surface area (Å²) in [5.74, 6) is 1.84. The number of imidazole rings is 1. The lowest BCUT2D eigenvalue weighted by Crippen LogP contribution is -2.39. The molecule has 0 amide bonds. The Kier molecular flexibility index (Phi) is 4.92. The molecule has 5 nitrogen and oxygen atoms in total. The van der Waals surface area contributed by atoms with E-state index >= 15 is 0 Å². The van der Waals surface area contributed by atoms with Crippen LogP contribution in [0.3, 0.4) is 0 Å². The number of hydrogen-bond acceptors (Lipinski definition) is 4. The maximum absolute atomic E-state index is 10.8. The van der Waals surface area contributed by atoms with Gasteiger partial charge in [-0.05, 0) is 38.0 Å². The number of aryl methyl sites for hydroxylation is 3. The monoisotopic (exact) mass is 329 g/mol. The van der Waals surface area contributed by atoms with Crippen LogP contribution in [0.5, 0.6) is 5.75 Å². The third-order valence-corrected chi connectivity index (χ3v) is 4.65. The van der Waals surface area contributed by atoms with E-state index in [1.165, 1.54) is 0 Å². The molecule has 0 saturated carbocycles. The molecule has 130 valence electrons. The van der Waals surface area contributed by atoms with Crippen LogP contribution < -0.4 is 4.74 Å². The number of hydrogen-bond donors (Lipinski definition) is 2. The van der Waals surface area contributed by atoms with Crippen molar-refractivity contribution in [2.45, 2.75) is 45.8 Å². The number of β-amino-alcohol motifs (C(OH)–C–C–N with tert-alkyl or cyclic N) is 1. The number of aromatic nitrogens is 2. The van der Waals surface area contributed by atoms with E-state index in [1.54, 1.807) is 0 Å². The molecule has 24 heavy (non-hydrogen) atoms. The quantitative estimate of drug-likeness (QED) is 0.855. The van der Waals surface area contributed by atoms with Crippen molar-refractivity contribution in [3.05, 3.63) is 47.0 Å². The molecule has 0 unspecified atom stereocenters. The molecule has 1 atom stereocenters. The van der Waals surface area contributed by atoms with E-state index in [1.807, 2.05) is 31.2 Å². The van der Waals surface area contributed by atoms with Crippen molar-refractivity contribution in [3.8, 4) is 5.75 Å². The summed E-state index contributed by atoms with van der Waals surface area (Å²) in [4.78, 5) is 10.2. The predicted octanol–water partition coefficient (Wildman–Crippen LogP) is 2.60. The highest BCUT2D eigenvalue weighted by Crippen LogP contribution is 2.25. The minimum atomic E-state index is -0.790. The molecule has 1 saturated heterocycles. The molecule has 1 fully saturated rings. The zero-order valence-corrected chi connectivity index (χ0v) is 14.8. The average molecular weight is 329 g/mol. The fraction of sp³-hybridized carbons (Fsp3) is 0.526. The summed E-state index contributed by atoms with van der Waals surface area (Å²) < 4.78 is 5.82. The summed E-state index contributed by atoms with van der Waals surface area (Å²) in [6.45, 7) is 8.77. The first-order chi connectivity index (χ1) is 11.5. The van der Waals surface area contributed by atoms with E-state index in [2.05, 4.69) is 28.7 Å². The van der Waals surface area contributed by atoms with Gasteiger partial charge in [-0.1, -0.05) is 19.1 Å². The predicted molar refractivity (Wildman–Crippen MR) is 94.2 cm³/mol. The van der Waals surface area contributed by atoms with E-state index in [0.29, 0.717) is 13.2 Å². The Balaban J connectivity index is 1.56. The first kappa shape index (κ1) is 17.0. The number of aromatic amines is 1. The Hall–Kier alpha value is -1.85. The number of likely N-dealkylation sites (tertiary alicyclic amines) is 1. The molecular weight excluding hydrogens is 302 g/mol. The Morgan fingerprint density at radius 3 is 2.92 bits per heavy atom. The van der Waals surface area contributed by atoms with E-state index in [0.717, 1.165) is 54.5 Å². The third kappa shape index (κ3) is 3.97. The average Bonchev–Trinajstić information content (AvgIpc) is 3.10. The Morgan fingerprint density at radius 1 is 1.38 bits per heavy atom. The van der Waals surface area contributed by atoms with Gasteiger partial charge in [0.1, 0.15) is 23.8 Å². The van der Waals surface area contributed by atoms with Crippen molar-refractivity contribution in [1.82, 2.24) is 14.9 Å². The Morgan fingerprint density at radius 2 is 2.21 bits per heavy atom. The zero-order chi connectivity index (χ0) is 17.2. The van der Waals surface area contributed by atoms with Crippen molar-refractivity contribution in [1.29, 1.82) is 0 Å². The molecule has 3 rings (SSSR count). The van der Waals surface area contributed by atoms with Crippen LogP contribution in [0.15, 0.2) is 24.3 Å². The number of rotatable bonds is 6. The van der Waals surface area contributed by atoms with Crippen LogP contribution in [0, 0.1) is 13.8 Å². The summed E-state index contributed by atoms with van der Waals surface area (Å²) in [5, 5.41) is 10.8. The van der Waals surface area contributed by atoms with Gasteiger partial charge in [-0.2, -0.15) is 0 Å². The molecule has 0 aliphatic carbocycles. The van der Waals surface area contributed by atoms with Crippen LogP contribution >= 0.6 is 0 Å². The molecule has 0 spiro atoms. The van der Waals surface area contributed by atoms with Crippen molar-refractivity contribution in [2.24, 2.45) is 0 Å². The number of benzene rings is 1. The summed E-state index contributed by atoms with van der Waals surface area (Å²) in [6, 6.07) is 7.94. The molecule has 2 aromatic rings. The van der Waals surface area contributed by atoms with Crippen LogP contribution in [0.2, 0.25) is 0 Å². The minimum Gasteiger partial charge on any atom is -0.491 e. The standard InChI is InChI=1S/C19H27N3O2/c1-4-18-20-15(3)17(21-18)11-22-9-8-19(23,12-22)13-24-16-7-5-6-14(2)10-16/h5-7,10,23H,4,8-9,11-13H2,1-3H3,(H,20,21)/t19-/m1/s1. The van der Waals surface area contributed by atoms with E-state index in [-0.39, 0.29) is 0 Å². The third-order valence-electron chi connectivity index (χ3n) is 4.65. The Labute approximate surface area is 143 Å². The lowest BCUT2D eigenvalue weighted by atomic mass is 10.1. The van der Waals surface area contributed by atoms with E-state index in [4.69, 9.17) is 4.74 Å². The van der Waals surface area contributed by atoms with Gasteiger partial charge in [0.15, 0.2) is 0 Å². The Bertz CT molecular complexity index is 698. The van der Waals surface area contributed by atoms with Crippen molar-refractivity contribution < 1.29 is 9.84 Å². The molecule has 2 N–H and O–H groups in total. The highest BCUT2D eigenvalue weighted by atomic mass is 16.5. The van der Waals surface area contributed by atoms with Crippen LogP contribution in [0.25, 0.3) is 0 Å². The van der Waals surface area contributed by atoms with Crippen LogP contribution in [-0.4, -0.2) is 45.3 Å². The summed E-state index contributed by atoms with van der Waals surface area (Å²) >= 11 is 0. The topological polar surface area (TPSA) is 61.4 Å². The minimum absolute atomic E-state index is 0.326. The maximum Gasteiger partial charge on any atom is 0.119 e. The first-order valence-electron chi connectivity index (χ1n) is 8.66. The van der Waals surface area contributed by atoms with Gasteiger partial charge in [0, 0.05) is 31.7 Å². The molecular formula is C19H27N3O2. The van der Waals surface area contributed by atoms with Gasteiger partial charge >= 0.3 is 0 Å². The molecule has 1 aromatic carbocycles. The van der Waals surface area contributed by atoms with Crippen molar-refractivity contribution >= 4 is 0 Å². The van der Waals surface area contributed by atoms with E-state index in [9.17, 15) is 5.11 Å². The number of nitrogens with zero attached hydrogens (tertiary/aromatic N) is 2. The normalized spacial score (nSPS) is 21.3. The lowest BCUT2D eigenvalue weighted by molar-refractivity contribution is 0.00328. The van der Waals surface area contributed by atoms with Crippen molar-refractivity contribution in [2.75, 3.05) is 19.7 Å². The van der Waals surface area contributed by atoms with Gasteiger partial charge in [0.2, 0.25) is 0 Å². The van der Waals surface area contributed by atoms with Crippen LogP contribution in [0.4, 0.5) is 0 Å². The summed E-state index contributed by atoms with van der Waals surface area (Å²) in [5.41, 5.74) is 2.57. The maximum atomic E-state index is 10.8.